The maximum Gasteiger partial charge on any atom is 0.123 e. The van der Waals surface area contributed by atoms with E-state index in [0.717, 1.165) is 0 Å². The summed E-state index contributed by atoms with van der Waals surface area (Å²) in [6.07, 6.45) is 0.101. The average molecular weight is 229 g/mol. The Labute approximate surface area is 97.9 Å². The van der Waals surface area contributed by atoms with Gasteiger partial charge in [0.05, 0.1) is 12.5 Å². The molecule has 84 valence electrons. The lowest BCUT2D eigenvalue weighted by atomic mass is 9.98. The molecule has 0 unspecified atom stereocenters. The van der Waals surface area contributed by atoms with E-state index >= 15 is 0 Å². The Hall–Kier alpha value is -2.21. The molecule has 0 saturated heterocycles. The molecule has 0 fully saturated rings. The zero-order valence-corrected chi connectivity index (χ0v) is 8.95. The van der Waals surface area contributed by atoms with Crippen LogP contribution < -0.4 is 0 Å². The van der Waals surface area contributed by atoms with Gasteiger partial charge in [-0.2, -0.15) is 5.26 Å². The van der Waals surface area contributed by atoms with Crippen LogP contribution in [0.15, 0.2) is 42.5 Å². The Balaban J connectivity index is 2.55. The lowest BCUT2D eigenvalue weighted by molar-refractivity contribution is 0.626. The topological polar surface area (TPSA) is 23.8 Å². The van der Waals surface area contributed by atoms with Gasteiger partial charge in [0.25, 0.3) is 0 Å². The van der Waals surface area contributed by atoms with Crippen molar-refractivity contribution in [1.82, 2.24) is 0 Å². The van der Waals surface area contributed by atoms with Crippen LogP contribution >= 0.6 is 0 Å². The number of halogens is 2. The molecule has 3 heteroatoms. The van der Waals surface area contributed by atoms with E-state index in [2.05, 4.69) is 0 Å². The highest BCUT2D eigenvalue weighted by Gasteiger charge is 2.07. The molecule has 0 aromatic heterocycles. The molecule has 17 heavy (non-hydrogen) atoms. The van der Waals surface area contributed by atoms with Gasteiger partial charge in [-0.3, -0.25) is 0 Å². The largest absolute Gasteiger partial charge is 0.207 e. The number of hydrogen-bond acceptors (Lipinski definition) is 1. The monoisotopic (exact) mass is 229 g/mol. The first-order valence-electron chi connectivity index (χ1n) is 5.12. The minimum atomic E-state index is -0.393. The van der Waals surface area contributed by atoms with Gasteiger partial charge in [0.1, 0.15) is 11.6 Å². The van der Waals surface area contributed by atoms with Crippen molar-refractivity contribution < 1.29 is 8.78 Å². The summed E-state index contributed by atoms with van der Waals surface area (Å²) in [6, 6.07) is 12.2. The summed E-state index contributed by atoms with van der Waals surface area (Å²) in [5.74, 6) is -0.745. The van der Waals surface area contributed by atoms with Gasteiger partial charge in [-0.1, -0.05) is 18.2 Å². The molecule has 0 aliphatic carbocycles. The number of hydrogen-bond donors (Lipinski definition) is 0. The average Bonchev–Trinajstić information content (AvgIpc) is 2.29. The molecule has 2 aromatic carbocycles. The first kappa shape index (κ1) is 11.3. The number of nitriles is 1. The lowest BCUT2D eigenvalue weighted by Crippen LogP contribution is -1.90. The first-order chi connectivity index (χ1) is 8.20. The van der Waals surface area contributed by atoms with Crippen LogP contribution in [0.25, 0.3) is 11.1 Å². The fourth-order valence-corrected chi connectivity index (χ4v) is 1.73. The molecule has 0 atom stereocenters. The third kappa shape index (κ3) is 2.48. The highest BCUT2D eigenvalue weighted by Crippen LogP contribution is 2.25. The minimum Gasteiger partial charge on any atom is -0.207 e. The summed E-state index contributed by atoms with van der Waals surface area (Å²) in [7, 11) is 0. The van der Waals surface area contributed by atoms with Gasteiger partial charge in [0, 0.05) is 0 Å². The Morgan fingerprint density at radius 1 is 1.00 bits per heavy atom. The molecule has 0 saturated carbocycles. The number of rotatable bonds is 2. The second-order valence-corrected chi connectivity index (χ2v) is 3.65. The minimum absolute atomic E-state index is 0.101. The van der Waals surface area contributed by atoms with Crippen molar-refractivity contribution in [3.05, 3.63) is 59.7 Å². The molecular formula is C14H9F2N. The highest BCUT2D eigenvalue weighted by atomic mass is 19.1. The van der Waals surface area contributed by atoms with E-state index in [4.69, 9.17) is 5.26 Å². The third-order valence-corrected chi connectivity index (χ3v) is 2.47. The number of benzene rings is 2. The molecule has 0 radical (unpaired) electrons. The predicted octanol–water partition coefficient (Wildman–Crippen LogP) is 3.70. The Morgan fingerprint density at radius 2 is 1.76 bits per heavy atom. The molecule has 0 N–H and O–H groups in total. The first-order valence-corrected chi connectivity index (χ1v) is 5.12. The van der Waals surface area contributed by atoms with Crippen LogP contribution in [0.2, 0.25) is 0 Å². The van der Waals surface area contributed by atoms with E-state index in [9.17, 15) is 8.78 Å². The van der Waals surface area contributed by atoms with Gasteiger partial charge in [-0.05, 0) is 41.0 Å². The van der Waals surface area contributed by atoms with Crippen molar-refractivity contribution in [2.24, 2.45) is 0 Å². The van der Waals surface area contributed by atoms with E-state index in [1.54, 1.807) is 18.2 Å². The van der Waals surface area contributed by atoms with Crippen LogP contribution in [0.3, 0.4) is 0 Å². The molecule has 0 heterocycles. The SMILES string of the molecule is N#CCc1cc(F)ccc1-c1cccc(F)c1. The van der Waals surface area contributed by atoms with Crippen molar-refractivity contribution in [2.45, 2.75) is 6.42 Å². The summed E-state index contributed by atoms with van der Waals surface area (Å²) in [5, 5.41) is 8.69. The van der Waals surface area contributed by atoms with Gasteiger partial charge in [0.2, 0.25) is 0 Å². The predicted molar refractivity (Wildman–Crippen MR) is 61.1 cm³/mol. The van der Waals surface area contributed by atoms with Gasteiger partial charge in [-0.15, -0.1) is 0 Å². The van der Waals surface area contributed by atoms with Crippen LogP contribution in [0.5, 0.6) is 0 Å². The Kier molecular flexibility index (Phi) is 3.15. The van der Waals surface area contributed by atoms with Gasteiger partial charge < -0.3 is 0 Å². The maximum atomic E-state index is 13.1. The summed E-state index contributed by atoms with van der Waals surface area (Å²) < 4.78 is 26.2. The van der Waals surface area contributed by atoms with E-state index in [-0.39, 0.29) is 12.2 Å². The molecule has 1 nitrogen and oxygen atoms in total. The van der Waals surface area contributed by atoms with Crippen molar-refractivity contribution in [3.8, 4) is 17.2 Å². The van der Waals surface area contributed by atoms with E-state index < -0.39 is 5.82 Å². The van der Waals surface area contributed by atoms with Gasteiger partial charge in [-0.25, -0.2) is 8.78 Å². The molecule has 2 rings (SSSR count). The van der Waals surface area contributed by atoms with Crippen LogP contribution in [-0.2, 0) is 6.42 Å². The standard InChI is InChI=1S/C14H9F2N/c15-12-3-1-2-10(8-12)14-5-4-13(16)9-11(14)6-7-17/h1-5,8-9H,6H2. The molecule has 2 aromatic rings. The second-order valence-electron chi connectivity index (χ2n) is 3.65. The van der Waals surface area contributed by atoms with E-state index in [1.165, 1.54) is 24.3 Å². The van der Waals surface area contributed by atoms with Crippen molar-refractivity contribution in [2.75, 3.05) is 0 Å². The van der Waals surface area contributed by atoms with E-state index in [1.807, 2.05) is 6.07 Å². The fourth-order valence-electron chi connectivity index (χ4n) is 1.73. The zero-order valence-electron chi connectivity index (χ0n) is 8.95. The van der Waals surface area contributed by atoms with Gasteiger partial charge in [0.15, 0.2) is 0 Å². The molecule has 0 spiro atoms. The zero-order chi connectivity index (χ0) is 12.3. The van der Waals surface area contributed by atoms with Crippen LogP contribution in [0.1, 0.15) is 5.56 Å². The van der Waals surface area contributed by atoms with Crippen molar-refractivity contribution >= 4 is 0 Å². The maximum absolute atomic E-state index is 13.1. The Morgan fingerprint density at radius 3 is 2.47 bits per heavy atom. The normalized spacial score (nSPS) is 9.94. The van der Waals surface area contributed by atoms with Crippen molar-refractivity contribution in [1.29, 1.82) is 5.26 Å². The summed E-state index contributed by atoms with van der Waals surface area (Å²) in [5.41, 5.74) is 1.90. The smallest absolute Gasteiger partial charge is 0.123 e. The Bertz CT molecular complexity index is 585. The summed E-state index contributed by atoms with van der Waals surface area (Å²) in [6.45, 7) is 0. The molecule has 0 bridgehead atoms. The molecule has 0 aliphatic rings. The quantitative estimate of drug-likeness (QED) is 0.770. The van der Waals surface area contributed by atoms with Crippen molar-refractivity contribution in [3.63, 3.8) is 0 Å². The fraction of sp³-hybridized carbons (Fsp3) is 0.0714. The van der Waals surface area contributed by atoms with Crippen LogP contribution in [0.4, 0.5) is 8.78 Å². The van der Waals surface area contributed by atoms with Crippen LogP contribution in [-0.4, -0.2) is 0 Å². The summed E-state index contributed by atoms with van der Waals surface area (Å²) in [4.78, 5) is 0. The van der Waals surface area contributed by atoms with Gasteiger partial charge >= 0.3 is 0 Å². The van der Waals surface area contributed by atoms with Crippen LogP contribution in [0, 0.1) is 23.0 Å². The van der Waals surface area contributed by atoms with E-state index in [0.29, 0.717) is 16.7 Å². The molecule has 0 amide bonds. The lowest BCUT2D eigenvalue weighted by Gasteiger charge is -2.07. The molecular weight excluding hydrogens is 220 g/mol. The second kappa shape index (κ2) is 4.75. The third-order valence-electron chi connectivity index (χ3n) is 2.47. The summed E-state index contributed by atoms with van der Waals surface area (Å²) >= 11 is 0. The number of nitrogens with zero attached hydrogens (tertiary/aromatic N) is 1. The highest BCUT2D eigenvalue weighted by molar-refractivity contribution is 5.67. The molecule has 0 aliphatic heterocycles.